The van der Waals surface area contributed by atoms with Gasteiger partial charge in [0.05, 0.1) is 39.6 Å². The van der Waals surface area contributed by atoms with Crippen molar-refractivity contribution in [3.63, 3.8) is 0 Å². The molecule has 0 bridgehead atoms. The van der Waals surface area contributed by atoms with Crippen molar-refractivity contribution in [1.29, 1.82) is 0 Å². The molecule has 2 amide bonds. The lowest BCUT2D eigenvalue weighted by Crippen LogP contribution is -2.69. The molecule has 6 rings (SSSR count). The van der Waals surface area contributed by atoms with Gasteiger partial charge in [-0.1, -0.05) is 0 Å². The van der Waals surface area contributed by atoms with Crippen LogP contribution < -0.4 is 10.6 Å². The molecule has 73 heavy (non-hydrogen) atoms. The summed E-state index contributed by atoms with van der Waals surface area (Å²) < 4.78 is 62.7. The van der Waals surface area contributed by atoms with Crippen LogP contribution in [0.5, 0.6) is 0 Å². The molecule has 0 aliphatic carbocycles. The number of nitrogens with one attached hydrogen (secondary N) is 2. The first kappa shape index (κ1) is 60.0. The predicted molar refractivity (Wildman–Crippen MR) is 222 cm³/mol. The third-order valence-corrected chi connectivity index (χ3v) is 13.2. The zero-order valence-corrected chi connectivity index (χ0v) is 38.9. The monoisotopic (exact) mass is 1070 g/mol. The van der Waals surface area contributed by atoms with Gasteiger partial charge in [-0.15, -0.1) is 0 Å². The summed E-state index contributed by atoms with van der Waals surface area (Å²) in [5.41, 5.74) is 0. The minimum absolute atomic E-state index is 0.786. The number of hydrogen-bond donors (Lipinski definition) is 20. The van der Waals surface area contributed by atoms with Crippen LogP contribution in [0.25, 0.3) is 0 Å². The second kappa shape index (κ2) is 26.0. The fraction of sp³-hybridized carbons (Fsp3) is 0.950. The lowest BCUT2D eigenvalue weighted by Gasteiger charge is -2.49. The summed E-state index contributed by atoms with van der Waals surface area (Å²) >= 11 is 0. The third kappa shape index (κ3) is 13.2. The van der Waals surface area contributed by atoms with Crippen LogP contribution in [0.15, 0.2) is 0 Å². The SMILES string of the molecule is CC(=O)N[C@H]1[C@H](OC[C@H]2O[C@H](OC[C@H]3O[C@H](O)[C@@H](O)[C@@H](O)[C@@H]3O)[C@@H](O[C@@H]3O[C@H](CO)[C@@H](O[C@@H]4O[C@H](CO)[C@H](O)[C@H](O)[C@H]4O)[C@H](O)[C@H]3NC(C)=O)[C@@H](O)[C@@H]2O)O[C@H](CO)[C@@H](O[C@@H]2O[C@H](CO)[C@H](O)[C@H](O)[C@H]2O)[C@@H]1O. The highest BCUT2D eigenvalue weighted by atomic mass is 16.8. The molecular weight excluding hydrogens is 1000 g/mol. The largest absolute Gasteiger partial charge is 0.394 e. The van der Waals surface area contributed by atoms with Crippen LogP contribution in [0, 0.1) is 0 Å². The van der Waals surface area contributed by atoms with E-state index in [2.05, 4.69) is 10.6 Å². The van der Waals surface area contributed by atoms with Crippen molar-refractivity contribution in [1.82, 2.24) is 10.6 Å². The summed E-state index contributed by atoms with van der Waals surface area (Å²) in [5, 5.41) is 195. The van der Waals surface area contributed by atoms with E-state index in [1.54, 1.807) is 0 Å². The van der Waals surface area contributed by atoms with Crippen LogP contribution in [0.4, 0.5) is 0 Å². The molecule has 33 heteroatoms. The molecule has 0 radical (unpaired) electrons. The smallest absolute Gasteiger partial charge is 0.217 e. The van der Waals surface area contributed by atoms with Crippen molar-refractivity contribution in [3.05, 3.63) is 0 Å². The average molecular weight is 1070 g/mol. The van der Waals surface area contributed by atoms with Gasteiger partial charge in [-0.3, -0.25) is 9.59 Å². The van der Waals surface area contributed by atoms with E-state index in [4.69, 9.17) is 52.1 Å². The Morgan fingerprint density at radius 2 is 0.699 bits per heavy atom. The zero-order chi connectivity index (χ0) is 53.9. The van der Waals surface area contributed by atoms with Crippen molar-refractivity contribution in [2.45, 2.75) is 198 Å². The number of carbonyl (C=O) groups excluding carboxylic acids is 2. The normalized spacial score (nSPS) is 49.8. The summed E-state index contributed by atoms with van der Waals surface area (Å²) in [6.07, 6.45) is -52.2. The number of ether oxygens (including phenoxy) is 11. The number of carbonyl (C=O) groups is 2. The molecule has 6 aliphatic rings. The fourth-order valence-electron chi connectivity index (χ4n) is 9.10. The average Bonchev–Trinajstić information content (AvgIpc) is 3.35. The second-order valence-corrected chi connectivity index (χ2v) is 18.3. The van der Waals surface area contributed by atoms with E-state index >= 15 is 0 Å². The Morgan fingerprint density at radius 3 is 1.15 bits per heavy atom. The quantitative estimate of drug-likeness (QED) is 0.0606. The van der Waals surface area contributed by atoms with Gasteiger partial charge in [0, 0.05) is 13.8 Å². The second-order valence-electron chi connectivity index (χ2n) is 18.3. The molecule has 33 nitrogen and oxygen atoms in total. The van der Waals surface area contributed by atoms with Gasteiger partial charge in [0.2, 0.25) is 11.8 Å². The highest BCUT2D eigenvalue weighted by Gasteiger charge is 2.56. The van der Waals surface area contributed by atoms with E-state index in [9.17, 15) is 102 Å². The highest BCUT2D eigenvalue weighted by molar-refractivity contribution is 5.73. The third-order valence-electron chi connectivity index (χ3n) is 13.2. The first-order valence-electron chi connectivity index (χ1n) is 23.1. The van der Waals surface area contributed by atoms with Gasteiger partial charge in [-0.25, -0.2) is 0 Å². The standard InChI is InChI=1S/C40H68N2O31/c1-9(47)41-17-23(53)32(71-38-30(60)26(56)19(49)11(3-43)66-38)13(5-45)68-36(17)63-8-16-22(52)28(58)34(40(70-16)64-7-15-21(51)25(55)29(59)35(62)65-15)73-37-18(42-10(2)48)24(54)33(14(6-46)69-37)72-39-31(61)27(57)20(50)12(4-44)67-39/h11-40,43-46,49-62H,3-8H2,1-2H3,(H,41,47)(H,42,48)/t11-,12-,13-,14-,15-,16-,17-,18-,19+,20+,21-,22-,23-,24-,25+,26+,27+,28+,29+,30-,31-,32-,33-,34+,35+,36-,37+,38+,39+,40+/m1/s1. The Labute approximate surface area is 413 Å². The van der Waals surface area contributed by atoms with Gasteiger partial charge in [-0.05, 0) is 0 Å². The summed E-state index contributed by atoms with van der Waals surface area (Å²) in [6.45, 7) is -3.36. The number of amides is 2. The van der Waals surface area contributed by atoms with Gasteiger partial charge >= 0.3 is 0 Å². The van der Waals surface area contributed by atoms with Crippen molar-refractivity contribution in [2.75, 3.05) is 39.6 Å². The van der Waals surface area contributed by atoms with Gasteiger partial charge in [-0.2, -0.15) is 0 Å². The van der Waals surface area contributed by atoms with Crippen molar-refractivity contribution in [2.24, 2.45) is 0 Å². The minimum atomic E-state index is -2.19. The van der Waals surface area contributed by atoms with Crippen LogP contribution in [-0.4, -0.2) is 327 Å². The molecule has 6 fully saturated rings. The maximum atomic E-state index is 12.5. The molecule has 0 aromatic heterocycles. The van der Waals surface area contributed by atoms with E-state index in [1.165, 1.54) is 0 Å². The first-order valence-corrected chi connectivity index (χ1v) is 23.1. The molecule has 6 heterocycles. The van der Waals surface area contributed by atoms with E-state index in [0.29, 0.717) is 0 Å². The molecule has 0 spiro atoms. The zero-order valence-electron chi connectivity index (χ0n) is 38.9. The van der Waals surface area contributed by atoms with Gasteiger partial charge in [0.1, 0.15) is 146 Å². The predicted octanol–water partition coefficient (Wildman–Crippen LogP) is -13.8. The van der Waals surface area contributed by atoms with Crippen molar-refractivity contribution >= 4 is 11.8 Å². The summed E-state index contributed by atoms with van der Waals surface area (Å²) in [6, 6.07) is -3.39. The summed E-state index contributed by atoms with van der Waals surface area (Å²) in [7, 11) is 0. The molecule has 0 aromatic rings. The minimum Gasteiger partial charge on any atom is -0.394 e. The topological polar surface area (TPSA) is 524 Å². The van der Waals surface area contributed by atoms with Crippen LogP contribution in [0.1, 0.15) is 13.8 Å². The lowest BCUT2D eigenvalue weighted by molar-refractivity contribution is -0.379. The lowest BCUT2D eigenvalue weighted by atomic mass is 9.94. The van der Waals surface area contributed by atoms with Gasteiger partial charge < -0.3 is 155 Å². The number of hydrogen-bond acceptors (Lipinski definition) is 31. The molecule has 6 saturated heterocycles. The Kier molecular flexibility index (Phi) is 21.3. The maximum Gasteiger partial charge on any atom is 0.217 e. The molecule has 30 atom stereocenters. The molecular formula is C40H68N2O31. The highest BCUT2D eigenvalue weighted by Crippen LogP contribution is 2.35. The van der Waals surface area contributed by atoms with Gasteiger partial charge in [0.25, 0.3) is 0 Å². The van der Waals surface area contributed by atoms with E-state index in [-0.39, 0.29) is 0 Å². The Balaban J connectivity index is 1.23. The Morgan fingerprint density at radius 1 is 0.356 bits per heavy atom. The van der Waals surface area contributed by atoms with Crippen LogP contribution in [-0.2, 0) is 61.7 Å². The van der Waals surface area contributed by atoms with Crippen LogP contribution in [0.2, 0.25) is 0 Å². The number of aliphatic hydroxyl groups excluding tert-OH is 18. The van der Waals surface area contributed by atoms with E-state index < -0.39 is 236 Å². The van der Waals surface area contributed by atoms with E-state index in [0.717, 1.165) is 13.8 Å². The molecule has 0 saturated carbocycles. The van der Waals surface area contributed by atoms with Crippen molar-refractivity contribution < 1.29 is 154 Å². The van der Waals surface area contributed by atoms with Crippen LogP contribution >= 0.6 is 0 Å². The molecule has 20 N–H and O–H groups in total. The molecule has 424 valence electrons. The summed E-state index contributed by atoms with van der Waals surface area (Å²) in [4.78, 5) is 24.9. The molecule has 6 aliphatic heterocycles. The van der Waals surface area contributed by atoms with E-state index in [1.807, 2.05) is 0 Å². The number of aliphatic hydroxyl groups is 18. The van der Waals surface area contributed by atoms with Crippen LogP contribution in [0.3, 0.4) is 0 Å². The fourth-order valence-corrected chi connectivity index (χ4v) is 9.10. The molecule has 0 unspecified atom stereocenters. The van der Waals surface area contributed by atoms with Crippen molar-refractivity contribution in [3.8, 4) is 0 Å². The Hall–Kier alpha value is -2.22. The Bertz CT molecular complexity index is 1740. The first-order chi connectivity index (χ1) is 34.5. The van der Waals surface area contributed by atoms with Gasteiger partial charge in [0.15, 0.2) is 37.7 Å². The maximum absolute atomic E-state index is 12.5. The summed E-state index contributed by atoms with van der Waals surface area (Å²) in [5.74, 6) is -1.63. The number of rotatable bonds is 18. The molecule has 0 aromatic carbocycles.